The third kappa shape index (κ3) is 5.60. The minimum absolute atomic E-state index is 0.0438. The second-order valence-corrected chi connectivity index (χ2v) is 8.34. The molecule has 4 rings (SSSR count). The summed E-state index contributed by atoms with van der Waals surface area (Å²) in [6.07, 6.45) is -3.23. The van der Waals surface area contributed by atoms with E-state index in [1.807, 2.05) is 6.92 Å². The Bertz CT molecular complexity index is 1340. The number of aromatic nitrogens is 1. The van der Waals surface area contributed by atoms with Crippen molar-refractivity contribution in [2.75, 3.05) is 18.6 Å². The third-order valence-electron chi connectivity index (χ3n) is 6.13. The number of carbonyl (C=O) groups is 2. The quantitative estimate of drug-likeness (QED) is 0.518. The van der Waals surface area contributed by atoms with Crippen LogP contribution in [0.15, 0.2) is 71.7 Å². The van der Waals surface area contributed by atoms with E-state index in [1.165, 1.54) is 28.7 Å². The molecule has 11 heteroatoms. The van der Waals surface area contributed by atoms with Gasteiger partial charge in [0.25, 0.3) is 11.5 Å². The summed E-state index contributed by atoms with van der Waals surface area (Å²) in [5.74, 6) is -1.50. The zero-order chi connectivity index (χ0) is 26.7. The van der Waals surface area contributed by atoms with Gasteiger partial charge in [-0.3, -0.25) is 14.4 Å². The monoisotopic (exact) mass is 515 g/mol. The van der Waals surface area contributed by atoms with Crippen LogP contribution in [0.5, 0.6) is 11.5 Å². The fourth-order valence-electron chi connectivity index (χ4n) is 4.27. The zero-order valence-electron chi connectivity index (χ0n) is 20.0. The van der Waals surface area contributed by atoms with E-state index < -0.39 is 35.9 Å². The molecule has 2 aromatic carbocycles. The molecular formula is C26H24F3N3O5. The predicted octanol–water partition coefficient (Wildman–Crippen LogP) is 3.70. The van der Waals surface area contributed by atoms with Crippen LogP contribution in [0.3, 0.4) is 0 Å². The van der Waals surface area contributed by atoms with E-state index >= 15 is 0 Å². The molecule has 1 saturated heterocycles. The Morgan fingerprint density at radius 1 is 1.03 bits per heavy atom. The summed E-state index contributed by atoms with van der Waals surface area (Å²) in [6.45, 7) is 2.37. The van der Waals surface area contributed by atoms with Gasteiger partial charge in [-0.25, -0.2) is 0 Å². The minimum Gasteiger partial charge on any atom is -0.497 e. The largest absolute Gasteiger partial charge is 0.573 e. The van der Waals surface area contributed by atoms with Gasteiger partial charge >= 0.3 is 6.36 Å². The van der Waals surface area contributed by atoms with Crippen molar-refractivity contribution in [3.05, 3.63) is 88.3 Å². The fraction of sp³-hybridized carbons (Fsp3) is 0.269. The number of alkyl halides is 3. The molecule has 0 spiro atoms. The number of carbonyl (C=O) groups excluding carboxylic acids is 2. The topological polar surface area (TPSA) is 89.9 Å². The minimum atomic E-state index is -4.86. The van der Waals surface area contributed by atoms with Gasteiger partial charge in [-0.1, -0.05) is 12.1 Å². The second kappa shape index (κ2) is 10.4. The maximum absolute atomic E-state index is 13.5. The number of amides is 2. The third-order valence-corrected chi connectivity index (χ3v) is 6.13. The van der Waals surface area contributed by atoms with Crippen LogP contribution in [0.2, 0.25) is 0 Å². The Labute approximate surface area is 210 Å². The van der Waals surface area contributed by atoms with Crippen LogP contribution < -0.4 is 25.2 Å². The molecule has 0 bridgehead atoms. The van der Waals surface area contributed by atoms with E-state index in [0.29, 0.717) is 12.3 Å². The summed E-state index contributed by atoms with van der Waals surface area (Å²) in [6, 6.07) is 13.6. The lowest BCUT2D eigenvalue weighted by atomic mass is 9.93. The number of ether oxygens (including phenoxy) is 2. The highest BCUT2D eigenvalue weighted by Gasteiger charge is 2.43. The highest BCUT2D eigenvalue weighted by molar-refractivity contribution is 6.05. The van der Waals surface area contributed by atoms with E-state index in [9.17, 15) is 27.6 Å². The number of nitrogens with one attached hydrogen (secondary N) is 1. The Morgan fingerprint density at radius 3 is 2.27 bits per heavy atom. The van der Waals surface area contributed by atoms with Gasteiger partial charge in [0.15, 0.2) is 0 Å². The average molecular weight is 515 g/mol. The number of hydrogen-bond donors (Lipinski definition) is 1. The van der Waals surface area contributed by atoms with Gasteiger partial charge in [0.1, 0.15) is 23.2 Å². The summed E-state index contributed by atoms with van der Waals surface area (Å²) in [4.78, 5) is 40.8. The molecule has 1 N–H and O–H groups in total. The highest BCUT2D eigenvalue weighted by atomic mass is 19.4. The molecule has 2 heterocycles. The molecule has 0 unspecified atom stereocenters. The number of aryl methyl sites for hydroxylation is 1. The van der Waals surface area contributed by atoms with Gasteiger partial charge in [-0.05, 0) is 61.0 Å². The Morgan fingerprint density at radius 2 is 1.68 bits per heavy atom. The van der Waals surface area contributed by atoms with Crippen LogP contribution in [0.25, 0.3) is 0 Å². The molecule has 0 radical (unpaired) electrons. The van der Waals surface area contributed by atoms with Crippen molar-refractivity contribution in [1.82, 2.24) is 9.88 Å². The van der Waals surface area contributed by atoms with Crippen molar-refractivity contribution >= 4 is 17.5 Å². The standard InChI is InChI=1S/C26H24F3N3O5/c1-3-31-14-4-5-21(24(31)34)32-15-20(16-6-10-18(36-2)11-7-16)22(25(32)35)30-23(33)17-8-12-19(13-9-17)37-26(27,28)29/h4-14,20,22H,3,15H2,1-2H3,(H,30,33)/t20-,22-/m0/s1. The molecule has 1 aliphatic rings. The van der Waals surface area contributed by atoms with Gasteiger partial charge in [0, 0.05) is 30.8 Å². The molecule has 2 amide bonds. The van der Waals surface area contributed by atoms with E-state index in [2.05, 4.69) is 10.1 Å². The lowest BCUT2D eigenvalue weighted by Gasteiger charge is -2.19. The first-order chi connectivity index (χ1) is 17.6. The highest BCUT2D eigenvalue weighted by Crippen LogP contribution is 2.32. The van der Waals surface area contributed by atoms with Crippen molar-refractivity contribution < 1.29 is 32.2 Å². The van der Waals surface area contributed by atoms with Crippen LogP contribution in [0.4, 0.5) is 18.9 Å². The molecule has 0 aliphatic carbocycles. The number of methoxy groups -OCH3 is 1. The number of hydrogen-bond acceptors (Lipinski definition) is 5. The van der Waals surface area contributed by atoms with Crippen molar-refractivity contribution in [2.24, 2.45) is 0 Å². The number of benzene rings is 2. The molecule has 3 aromatic rings. The van der Waals surface area contributed by atoms with Crippen molar-refractivity contribution in [1.29, 1.82) is 0 Å². The van der Waals surface area contributed by atoms with Crippen LogP contribution in [0.1, 0.15) is 28.8 Å². The van der Waals surface area contributed by atoms with Crippen molar-refractivity contribution in [3.8, 4) is 11.5 Å². The Hall–Kier alpha value is -4.28. The molecule has 1 aliphatic heterocycles. The van der Waals surface area contributed by atoms with Crippen LogP contribution in [-0.2, 0) is 11.3 Å². The lowest BCUT2D eigenvalue weighted by Crippen LogP contribution is -2.44. The molecule has 2 atom stereocenters. The van der Waals surface area contributed by atoms with E-state index in [-0.39, 0.29) is 23.4 Å². The number of nitrogens with zero attached hydrogens (tertiary/aromatic N) is 2. The first-order valence-electron chi connectivity index (χ1n) is 11.4. The molecule has 0 saturated carbocycles. The summed E-state index contributed by atoms with van der Waals surface area (Å²) in [7, 11) is 1.53. The first kappa shape index (κ1) is 25.8. The van der Waals surface area contributed by atoms with Crippen LogP contribution in [0, 0.1) is 0 Å². The second-order valence-electron chi connectivity index (χ2n) is 8.34. The van der Waals surface area contributed by atoms with Crippen LogP contribution in [-0.4, -0.2) is 42.4 Å². The first-order valence-corrected chi connectivity index (χ1v) is 11.4. The SMILES string of the molecule is CCn1cccc(N2C[C@@H](c3ccc(OC)cc3)[C@H](NC(=O)c3ccc(OC(F)(F)F)cc3)C2=O)c1=O. The van der Waals surface area contributed by atoms with Gasteiger partial charge in [0.05, 0.1) is 7.11 Å². The van der Waals surface area contributed by atoms with Gasteiger partial charge < -0.3 is 24.3 Å². The van der Waals surface area contributed by atoms with E-state index in [0.717, 1.165) is 17.7 Å². The number of rotatable bonds is 7. The molecule has 1 aromatic heterocycles. The summed E-state index contributed by atoms with van der Waals surface area (Å²) < 4.78 is 47.8. The van der Waals surface area contributed by atoms with Gasteiger partial charge in [0.2, 0.25) is 5.91 Å². The van der Waals surface area contributed by atoms with Crippen molar-refractivity contribution in [3.63, 3.8) is 0 Å². The van der Waals surface area contributed by atoms with Gasteiger partial charge in [-0.2, -0.15) is 0 Å². The molecule has 194 valence electrons. The molecular weight excluding hydrogens is 491 g/mol. The van der Waals surface area contributed by atoms with Crippen LogP contribution >= 0.6 is 0 Å². The summed E-state index contributed by atoms with van der Waals surface area (Å²) in [5, 5.41) is 2.70. The molecule has 37 heavy (non-hydrogen) atoms. The van der Waals surface area contributed by atoms with Crippen molar-refractivity contribution in [2.45, 2.75) is 31.8 Å². The maximum Gasteiger partial charge on any atom is 0.573 e. The smallest absolute Gasteiger partial charge is 0.497 e. The normalized spacial score (nSPS) is 17.5. The maximum atomic E-state index is 13.5. The zero-order valence-corrected chi connectivity index (χ0v) is 20.0. The Balaban J connectivity index is 1.64. The number of halogens is 3. The lowest BCUT2D eigenvalue weighted by molar-refractivity contribution is -0.274. The Kier molecular flexibility index (Phi) is 7.23. The summed E-state index contributed by atoms with van der Waals surface area (Å²) in [5.41, 5.74) is 0.641. The number of pyridine rings is 1. The van der Waals surface area contributed by atoms with E-state index in [1.54, 1.807) is 42.6 Å². The predicted molar refractivity (Wildman–Crippen MR) is 129 cm³/mol. The number of anilines is 1. The average Bonchev–Trinajstić information content (AvgIpc) is 3.19. The van der Waals surface area contributed by atoms with E-state index in [4.69, 9.17) is 4.74 Å². The van der Waals surface area contributed by atoms with Gasteiger partial charge in [-0.15, -0.1) is 13.2 Å². The molecule has 1 fully saturated rings. The molecule has 8 nitrogen and oxygen atoms in total. The fourth-order valence-corrected chi connectivity index (χ4v) is 4.27. The summed E-state index contributed by atoms with van der Waals surface area (Å²) >= 11 is 0.